The molecule has 1 aliphatic rings. The van der Waals surface area contributed by atoms with E-state index in [9.17, 15) is 14.9 Å². The minimum atomic E-state index is -0.408. The number of amides is 1. The lowest BCUT2D eigenvalue weighted by atomic mass is 10.2. The van der Waals surface area contributed by atoms with Gasteiger partial charge < -0.3 is 19.3 Å². The number of hydrogen-bond acceptors (Lipinski definition) is 7. The van der Waals surface area contributed by atoms with Crippen LogP contribution in [0.3, 0.4) is 0 Å². The number of anilines is 1. The summed E-state index contributed by atoms with van der Waals surface area (Å²) in [5.74, 6) is 1.28. The second-order valence-corrected chi connectivity index (χ2v) is 8.46. The van der Waals surface area contributed by atoms with E-state index in [1.807, 2.05) is 9.80 Å². The molecule has 176 valence electrons. The number of nitro benzene ring substituents is 1. The fourth-order valence-electron chi connectivity index (χ4n) is 3.41. The SMILES string of the molecule is COc1ccc(N2CCN(C(=S)NC(=O)c3ccc(OCC(C)C)cc3)CC2)c([N+](=O)[O-])c1. The lowest BCUT2D eigenvalue weighted by Gasteiger charge is -2.37. The van der Waals surface area contributed by atoms with Gasteiger partial charge in [0.1, 0.15) is 17.2 Å². The molecule has 0 unspecified atom stereocenters. The molecule has 0 spiro atoms. The van der Waals surface area contributed by atoms with E-state index in [1.54, 1.807) is 36.4 Å². The van der Waals surface area contributed by atoms with Crippen molar-refractivity contribution in [3.63, 3.8) is 0 Å². The Balaban J connectivity index is 1.55. The Labute approximate surface area is 198 Å². The average molecular weight is 473 g/mol. The molecule has 0 radical (unpaired) electrons. The monoisotopic (exact) mass is 472 g/mol. The van der Waals surface area contributed by atoms with E-state index in [1.165, 1.54) is 13.2 Å². The number of nitrogens with one attached hydrogen (secondary N) is 1. The topological polar surface area (TPSA) is 97.2 Å². The predicted octanol–water partition coefficient (Wildman–Crippen LogP) is 3.48. The van der Waals surface area contributed by atoms with Crippen LogP contribution in [0.25, 0.3) is 0 Å². The summed E-state index contributed by atoms with van der Waals surface area (Å²) in [6.45, 7) is 6.88. The molecule has 2 aromatic carbocycles. The average Bonchev–Trinajstić information content (AvgIpc) is 2.82. The summed E-state index contributed by atoms with van der Waals surface area (Å²) >= 11 is 5.43. The van der Waals surface area contributed by atoms with Crippen molar-refractivity contribution in [3.05, 3.63) is 58.1 Å². The zero-order valence-corrected chi connectivity index (χ0v) is 19.8. The Bertz CT molecular complexity index is 1000. The van der Waals surface area contributed by atoms with Crippen LogP contribution in [0.1, 0.15) is 24.2 Å². The van der Waals surface area contributed by atoms with Crippen molar-refractivity contribution in [1.82, 2.24) is 10.2 Å². The molecule has 1 saturated heterocycles. The number of methoxy groups -OCH3 is 1. The molecule has 1 amide bonds. The van der Waals surface area contributed by atoms with Crippen molar-refractivity contribution in [2.24, 2.45) is 5.92 Å². The lowest BCUT2D eigenvalue weighted by Crippen LogP contribution is -2.52. The fourth-order valence-corrected chi connectivity index (χ4v) is 3.68. The number of carbonyl (C=O) groups excluding carboxylic acids is 1. The molecule has 33 heavy (non-hydrogen) atoms. The van der Waals surface area contributed by atoms with E-state index in [4.69, 9.17) is 21.7 Å². The van der Waals surface area contributed by atoms with Crippen LogP contribution in [-0.2, 0) is 0 Å². The molecule has 2 aromatic rings. The molecular formula is C23H28N4O5S. The number of nitrogens with zero attached hydrogens (tertiary/aromatic N) is 3. The number of hydrogen-bond donors (Lipinski definition) is 1. The maximum absolute atomic E-state index is 12.6. The van der Waals surface area contributed by atoms with Crippen LogP contribution in [0, 0.1) is 16.0 Å². The van der Waals surface area contributed by atoms with Crippen LogP contribution in [0.4, 0.5) is 11.4 Å². The summed E-state index contributed by atoms with van der Waals surface area (Å²) in [7, 11) is 1.47. The van der Waals surface area contributed by atoms with Gasteiger partial charge in [0, 0.05) is 31.7 Å². The largest absolute Gasteiger partial charge is 0.496 e. The second-order valence-electron chi connectivity index (χ2n) is 8.07. The summed E-state index contributed by atoms with van der Waals surface area (Å²) in [5.41, 5.74) is 1.02. The van der Waals surface area contributed by atoms with E-state index < -0.39 is 4.92 Å². The van der Waals surface area contributed by atoms with Crippen LogP contribution in [0.5, 0.6) is 11.5 Å². The molecule has 9 nitrogen and oxygen atoms in total. The van der Waals surface area contributed by atoms with Gasteiger partial charge in [-0.25, -0.2) is 0 Å². The molecule has 1 heterocycles. The molecular weight excluding hydrogens is 444 g/mol. The zero-order chi connectivity index (χ0) is 24.0. The Kier molecular flexibility index (Phi) is 8.05. The standard InChI is InChI=1S/C23H28N4O5S/c1-16(2)15-32-18-6-4-17(5-7-18)22(28)24-23(33)26-12-10-25(11-13-26)20-9-8-19(31-3)14-21(20)27(29)30/h4-9,14,16H,10-13,15H2,1-3H3,(H,24,28,33). The van der Waals surface area contributed by atoms with E-state index in [0.717, 1.165) is 0 Å². The number of piperazine rings is 1. The molecule has 0 bridgehead atoms. The van der Waals surface area contributed by atoms with Crippen molar-refractivity contribution in [1.29, 1.82) is 0 Å². The second kappa shape index (κ2) is 11.0. The summed E-state index contributed by atoms with van der Waals surface area (Å²) < 4.78 is 10.7. The third kappa shape index (κ3) is 6.32. The molecule has 1 fully saturated rings. The van der Waals surface area contributed by atoms with Gasteiger partial charge in [-0.1, -0.05) is 13.8 Å². The van der Waals surface area contributed by atoms with Crippen molar-refractivity contribution in [3.8, 4) is 11.5 Å². The number of carbonyl (C=O) groups is 1. The van der Waals surface area contributed by atoms with E-state index in [2.05, 4.69) is 19.2 Å². The van der Waals surface area contributed by atoms with Gasteiger partial charge in [-0.2, -0.15) is 0 Å². The minimum absolute atomic E-state index is 0.000463. The minimum Gasteiger partial charge on any atom is -0.496 e. The molecule has 0 atom stereocenters. The highest BCUT2D eigenvalue weighted by atomic mass is 32.1. The Morgan fingerprint density at radius 2 is 1.76 bits per heavy atom. The highest BCUT2D eigenvalue weighted by Crippen LogP contribution is 2.32. The molecule has 0 aromatic heterocycles. The van der Waals surface area contributed by atoms with Crippen molar-refractivity contribution in [2.45, 2.75) is 13.8 Å². The first-order chi connectivity index (χ1) is 15.8. The van der Waals surface area contributed by atoms with Gasteiger partial charge in [0.25, 0.3) is 11.6 Å². The van der Waals surface area contributed by atoms with Crippen LogP contribution in [-0.4, -0.2) is 60.7 Å². The number of thiocarbonyl (C=S) groups is 1. The molecule has 0 saturated carbocycles. The van der Waals surface area contributed by atoms with Gasteiger partial charge in [0.15, 0.2) is 5.11 Å². The maximum atomic E-state index is 12.6. The van der Waals surface area contributed by atoms with Gasteiger partial charge in [0.05, 0.1) is 24.7 Å². The summed E-state index contributed by atoms with van der Waals surface area (Å²) in [5, 5.41) is 14.6. The van der Waals surface area contributed by atoms with Crippen LogP contribution in [0.2, 0.25) is 0 Å². The van der Waals surface area contributed by atoms with Gasteiger partial charge in [-0.15, -0.1) is 0 Å². The molecule has 0 aliphatic carbocycles. The van der Waals surface area contributed by atoms with Crippen molar-refractivity contribution in [2.75, 3.05) is 44.8 Å². The summed E-state index contributed by atoms with van der Waals surface area (Å²) in [4.78, 5) is 27.5. The van der Waals surface area contributed by atoms with E-state index in [-0.39, 0.29) is 11.6 Å². The quantitative estimate of drug-likeness (QED) is 0.372. The van der Waals surface area contributed by atoms with Gasteiger partial charge in [-0.05, 0) is 54.5 Å². The first-order valence-electron chi connectivity index (χ1n) is 10.7. The number of nitro groups is 1. The first kappa shape index (κ1) is 24.2. The normalized spacial score (nSPS) is 13.6. The van der Waals surface area contributed by atoms with Crippen LogP contribution in [0.15, 0.2) is 42.5 Å². The zero-order valence-electron chi connectivity index (χ0n) is 18.9. The van der Waals surface area contributed by atoms with Crippen molar-refractivity contribution < 1.29 is 19.2 Å². The highest BCUT2D eigenvalue weighted by Gasteiger charge is 2.26. The fraction of sp³-hybridized carbons (Fsp3) is 0.391. The molecule has 1 aliphatic heterocycles. The Hall–Kier alpha value is -3.40. The predicted molar refractivity (Wildman–Crippen MR) is 130 cm³/mol. The first-order valence-corrected chi connectivity index (χ1v) is 11.1. The Morgan fingerprint density at radius 1 is 1.12 bits per heavy atom. The lowest BCUT2D eigenvalue weighted by molar-refractivity contribution is -0.384. The number of rotatable bonds is 7. The number of ether oxygens (including phenoxy) is 2. The smallest absolute Gasteiger partial charge is 0.296 e. The van der Waals surface area contributed by atoms with E-state index in [0.29, 0.717) is 66.6 Å². The molecule has 1 N–H and O–H groups in total. The Morgan fingerprint density at radius 3 is 2.33 bits per heavy atom. The van der Waals surface area contributed by atoms with Crippen LogP contribution < -0.4 is 19.7 Å². The number of benzene rings is 2. The highest BCUT2D eigenvalue weighted by molar-refractivity contribution is 7.80. The maximum Gasteiger partial charge on any atom is 0.296 e. The van der Waals surface area contributed by atoms with Gasteiger partial charge >= 0.3 is 0 Å². The summed E-state index contributed by atoms with van der Waals surface area (Å²) in [6, 6.07) is 11.8. The third-order valence-electron chi connectivity index (χ3n) is 5.21. The van der Waals surface area contributed by atoms with Gasteiger partial charge in [-0.3, -0.25) is 20.2 Å². The molecule has 3 rings (SSSR count). The third-order valence-corrected chi connectivity index (χ3v) is 5.57. The van der Waals surface area contributed by atoms with Crippen molar-refractivity contribution >= 4 is 34.6 Å². The molecule has 10 heteroatoms. The van der Waals surface area contributed by atoms with E-state index >= 15 is 0 Å². The summed E-state index contributed by atoms with van der Waals surface area (Å²) in [6.07, 6.45) is 0. The van der Waals surface area contributed by atoms with Crippen LogP contribution >= 0.6 is 12.2 Å². The van der Waals surface area contributed by atoms with Gasteiger partial charge in [0.2, 0.25) is 0 Å².